The number of aryl methyl sites for hydroxylation is 1. The average molecular weight is 471 g/mol. The van der Waals surface area contributed by atoms with E-state index in [1.807, 2.05) is 0 Å². The number of piperidine rings is 1. The first-order valence-corrected chi connectivity index (χ1v) is 11.1. The molecule has 3 rings (SSSR count). The first-order chi connectivity index (χ1) is 14.9. The molecule has 1 aliphatic rings. The van der Waals surface area contributed by atoms with Crippen molar-refractivity contribution in [3.05, 3.63) is 63.7 Å². The molecule has 0 atom stereocenters. The largest absolute Gasteiger partial charge is 0.416 e. The molecular weight excluding hydrogens is 451 g/mol. The summed E-state index contributed by atoms with van der Waals surface area (Å²) in [7, 11) is -4.01. The van der Waals surface area contributed by atoms with Crippen molar-refractivity contribution in [2.24, 2.45) is 5.92 Å². The van der Waals surface area contributed by atoms with Crippen LogP contribution in [0, 0.1) is 23.0 Å². The molecule has 8 nitrogen and oxygen atoms in total. The van der Waals surface area contributed by atoms with Crippen molar-refractivity contribution in [2.45, 2.75) is 30.8 Å². The number of nitrogens with one attached hydrogen (secondary N) is 1. The SMILES string of the molecule is Cc1ccc([N+](=O)[O-])cc1S(=O)(=O)N1CCC(C(=O)Nc2cccc(C(F)(F)F)c2)CC1. The maximum Gasteiger partial charge on any atom is 0.416 e. The fraction of sp³-hybridized carbons (Fsp3) is 0.350. The monoisotopic (exact) mass is 471 g/mol. The molecule has 1 aliphatic heterocycles. The number of hydrogen-bond acceptors (Lipinski definition) is 5. The van der Waals surface area contributed by atoms with Crippen LogP contribution in [0.3, 0.4) is 0 Å². The van der Waals surface area contributed by atoms with Gasteiger partial charge in [0.25, 0.3) is 5.69 Å². The van der Waals surface area contributed by atoms with Gasteiger partial charge in [-0.05, 0) is 43.5 Å². The number of amides is 1. The number of anilines is 1. The van der Waals surface area contributed by atoms with Crippen LogP contribution in [0.1, 0.15) is 24.0 Å². The second kappa shape index (κ2) is 8.87. The Balaban J connectivity index is 1.68. The molecule has 1 saturated heterocycles. The fourth-order valence-electron chi connectivity index (χ4n) is 3.50. The highest BCUT2D eigenvalue weighted by Crippen LogP contribution is 2.32. The number of alkyl halides is 3. The van der Waals surface area contributed by atoms with Gasteiger partial charge in [-0.15, -0.1) is 0 Å². The van der Waals surface area contributed by atoms with E-state index in [0.29, 0.717) is 5.56 Å². The van der Waals surface area contributed by atoms with Gasteiger partial charge in [-0.3, -0.25) is 14.9 Å². The zero-order chi connectivity index (χ0) is 23.7. The minimum Gasteiger partial charge on any atom is -0.326 e. The molecule has 0 spiro atoms. The first kappa shape index (κ1) is 23.7. The van der Waals surface area contributed by atoms with Crippen LogP contribution in [0.25, 0.3) is 0 Å². The summed E-state index contributed by atoms with van der Waals surface area (Å²) in [6.45, 7) is 1.54. The Bertz CT molecular complexity index is 1140. The lowest BCUT2D eigenvalue weighted by Crippen LogP contribution is -2.41. The Morgan fingerprint density at radius 3 is 2.41 bits per heavy atom. The summed E-state index contributed by atoms with van der Waals surface area (Å²) < 4.78 is 65.6. The zero-order valence-corrected chi connectivity index (χ0v) is 17.7. The van der Waals surface area contributed by atoms with Gasteiger partial charge in [0.1, 0.15) is 0 Å². The van der Waals surface area contributed by atoms with Gasteiger partial charge in [0.05, 0.1) is 15.4 Å². The minimum absolute atomic E-state index is 0.00510. The third-order valence-corrected chi connectivity index (χ3v) is 7.32. The Kier molecular flexibility index (Phi) is 6.56. The topological polar surface area (TPSA) is 110 Å². The number of carbonyl (C=O) groups excluding carboxylic acids is 1. The van der Waals surface area contributed by atoms with E-state index in [9.17, 15) is 36.5 Å². The van der Waals surface area contributed by atoms with Crippen molar-refractivity contribution in [2.75, 3.05) is 18.4 Å². The van der Waals surface area contributed by atoms with Crippen LogP contribution < -0.4 is 5.32 Å². The minimum atomic E-state index is -4.54. The van der Waals surface area contributed by atoms with Gasteiger partial charge in [-0.2, -0.15) is 17.5 Å². The second-order valence-electron chi connectivity index (χ2n) is 7.45. The lowest BCUT2D eigenvalue weighted by Gasteiger charge is -2.31. The molecule has 1 fully saturated rings. The summed E-state index contributed by atoms with van der Waals surface area (Å²) in [6.07, 6.45) is -4.21. The van der Waals surface area contributed by atoms with E-state index < -0.39 is 38.5 Å². The third-order valence-electron chi connectivity index (χ3n) is 5.28. The molecule has 2 aromatic carbocycles. The van der Waals surface area contributed by atoms with E-state index in [1.165, 1.54) is 31.2 Å². The van der Waals surface area contributed by atoms with Crippen LogP contribution in [-0.4, -0.2) is 36.6 Å². The lowest BCUT2D eigenvalue weighted by atomic mass is 9.97. The number of benzene rings is 2. The van der Waals surface area contributed by atoms with Crippen LogP contribution in [-0.2, 0) is 21.0 Å². The van der Waals surface area contributed by atoms with Crippen molar-refractivity contribution >= 4 is 27.3 Å². The predicted octanol–water partition coefficient (Wildman–Crippen LogP) is 3.96. The van der Waals surface area contributed by atoms with E-state index in [4.69, 9.17) is 0 Å². The van der Waals surface area contributed by atoms with Crippen molar-refractivity contribution in [3.63, 3.8) is 0 Å². The van der Waals surface area contributed by atoms with Gasteiger partial charge in [0, 0.05) is 36.8 Å². The van der Waals surface area contributed by atoms with Crippen molar-refractivity contribution < 1.29 is 31.3 Å². The molecule has 0 radical (unpaired) electrons. The van der Waals surface area contributed by atoms with Gasteiger partial charge in [0.2, 0.25) is 15.9 Å². The van der Waals surface area contributed by atoms with Gasteiger partial charge < -0.3 is 5.32 Å². The zero-order valence-electron chi connectivity index (χ0n) is 16.9. The summed E-state index contributed by atoms with van der Waals surface area (Å²) in [4.78, 5) is 22.6. The van der Waals surface area contributed by atoms with E-state index in [1.54, 1.807) is 0 Å². The number of non-ortho nitro benzene ring substituents is 1. The van der Waals surface area contributed by atoms with E-state index in [0.717, 1.165) is 22.5 Å². The number of rotatable bonds is 5. The lowest BCUT2D eigenvalue weighted by molar-refractivity contribution is -0.385. The standard InChI is InChI=1S/C20H20F3N3O5S/c1-13-5-6-17(26(28)29)12-18(13)32(30,31)25-9-7-14(8-10-25)19(27)24-16-4-2-3-15(11-16)20(21,22)23/h2-6,11-12,14H,7-10H2,1H3,(H,24,27). The number of hydrogen-bond donors (Lipinski definition) is 1. The number of sulfonamides is 1. The van der Waals surface area contributed by atoms with E-state index in [-0.39, 0.29) is 42.2 Å². The number of nitro groups is 1. The van der Waals surface area contributed by atoms with Crippen molar-refractivity contribution in [1.29, 1.82) is 0 Å². The molecule has 2 aromatic rings. The summed E-state index contributed by atoms with van der Waals surface area (Å²) in [5.41, 5.74) is -0.861. The number of nitrogens with zero attached hydrogens (tertiary/aromatic N) is 2. The predicted molar refractivity (Wildman–Crippen MR) is 109 cm³/mol. The van der Waals surface area contributed by atoms with Gasteiger partial charge in [-0.1, -0.05) is 12.1 Å². The summed E-state index contributed by atoms with van der Waals surface area (Å²) in [5.74, 6) is -1.07. The highest BCUT2D eigenvalue weighted by atomic mass is 32.2. The second-order valence-corrected chi connectivity index (χ2v) is 9.36. The average Bonchev–Trinajstić information content (AvgIpc) is 2.73. The molecule has 0 unspecified atom stereocenters. The Morgan fingerprint density at radius 2 is 1.81 bits per heavy atom. The Labute approximate surface area is 182 Å². The molecule has 0 aliphatic carbocycles. The molecule has 1 N–H and O–H groups in total. The molecular formula is C20H20F3N3O5S. The Morgan fingerprint density at radius 1 is 1.16 bits per heavy atom. The molecule has 172 valence electrons. The molecule has 0 bridgehead atoms. The van der Waals surface area contributed by atoms with Crippen LogP contribution >= 0.6 is 0 Å². The van der Waals surface area contributed by atoms with Crippen LogP contribution in [0.15, 0.2) is 47.4 Å². The maximum absolute atomic E-state index is 13.0. The first-order valence-electron chi connectivity index (χ1n) is 9.63. The third kappa shape index (κ3) is 5.07. The highest BCUT2D eigenvalue weighted by Gasteiger charge is 2.34. The van der Waals surface area contributed by atoms with Crippen LogP contribution in [0.4, 0.5) is 24.5 Å². The fourth-order valence-corrected chi connectivity index (χ4v) is 5.21. The van der Waals surface area contributed by atoms with E-state index >= 15 is 0 Å². The van der Waals surface area contributed by atoms with Crippen molar-refractivity contribution in [3.8, 4) is 0 Å². The number of carbonyl (C=O) groups is 1. The molecule has 0 saturated carbocycles. The van der Waals surface area contributed by atoms with Gasteiger partial charge in [0.15, 0.2) is 0 Å². The van der Waals surface area contributed by atoms with Crippen LogP contribution in [0.2, 0.25) is 0 Å². The summed E-state index contributed by atoms with van der Waals surface area (Å²) >= 11 is 0. The number of halogens is 3. The van der Waals surface area contributed by atoms with Gasteiger partial charge in [-0.25, -0.2) is 8.42 Å². The summed E-state index contributed by atoms with van der Waals surface area (Å²) in [5, 5.41) is 13.5. The molecule has 12 heteroatoms. The highest BCUT2D eigenvalue weighted by molar-refractivity contribution is 7.89. The normalized spacial score (nSPS) is 16.0. The number of nitro benzene ring substituents is 1. The molecule has 0 aromatic heterocycles. The quantitative estimate of drug-likeness (QED) is 0.524. The van der Waals surface area contributed by atoms with E-state index in [2.05, 4.69) is 5.32 Å². The Hall–Kier alpha value is -2.99. The smallest absolute Gasteiger partial charge is 0.326 e. The molecule has 1 heterocycles. The molecule has 32 heavy (non-hydrogen) atoms. The summed E-state index contributed by atoms with van der Waals surface area (Å²) in [6, 6.07) is 7.86. The molecule has 1 amide bonds. The van der Waals surface area contributed by atoms with Gasteiger partial charge >= 0.3 is 6.18 Å². The maximum atomic E-state index is 13.0. The van der Waals surface area contributed by atoms with Crippen molar-refractivity contribution in [1.82, 2.24) is 4.31 Å². The van der Waals surface area contributed by atoms with Crippen LogP contribution in [0.5, 0.6) is 0 Å².